The topological polar surface area (TPSA) is 42.3 Å². The summed E-state index contributed by atoms with van der Waals surface area (Å²) in [5.74, 6) is 1.83. The SMILES string of the molecule is COCCNc1nc(C)cn1C1CN2CCC1CC2. The van der Waals surface area contributed by atoms with Gasteiger partial charge >= 0.3 is 0 Å². The fraction of sp³-hybridized carbons (Fsp3) is 0.786. The van der Waals surface area contributed by atoms with Gasteiger partial charge in [-0.2, -0.15) is 0 Å². The summed E-state index contributed by atoms with van der Waals surface area (Å²) in [6.45, 7) is 7.33. The molecule has 1 aromatic heterocycles. The smallest absolute Gasteiger partial charge is 0.203 e. The van der Waals surface area contributed by atoms with Gasteiger partial charge < -0.3 is 19.5 Å². The van der Waals surface area contributed by atoms with Gasteiger partial charge in [0.15, 0.2) is 0 Å². The quantitative estimate of drug-likeness (QED) is 0.819. The summed E-state index contributed by atoms with van der Waals surface area (Å²) in [5.41, 5.74) is 1.09. The average molecular weight is 264 g/mol. The molecule has 2 bridgehead atoms. The van der Waals surface area contributed by atoms with Crippen LogP contribution in [0.25, 0.3) is 0 Å². The number of imidazole rings is 1. The van der Waals surface area contributed by atoms with Gasteiger partial charge in [0.25, 0.3) is 0 Å². The van der Waals surface area contributed by atoms with Crippen molar-refractivity contribution in [2.45, 2.75) is 25.8 Å². The molecular weight excluding hydrogens is 240 g/mol. The maximum Gasteiger partial charge on any atom is 0.203 e. The molecule has 3 fully saturated rings. The highest BCUT2D eigenvalue weighted by Gasteiger charge is 2.36. The lowest BCUT2D eigenvalue weighted by Crippen LogP contribution is -2.48. The summed E-state index contributed by atoms with van der Waals surface area (Å²) in [4.78, 5) is 7.20. The molecule has 3 aliphatic heterocycles. The molecule has 5 nitrogen and oxygen atoms in total. The van der Waals surface area contributed by atoms with E-state index in [0.717, 1.165) is 24.1 Å². The number of rotatable bonds is 5. The zero-order valence-electron chi connectivity index (χ0n) is 11.9. The predicted octanol–water partition coefficient (Wildman–Crippen LogP) is 1.52. The van der Waals surface area contributed by atoms with E-state index in [-0.39, 0.29) is 0 Å². The highest BCUT2D eigenvalue weighted by molar-refractivity contribution is 5.30. The summed E-state index contributed by atoms with van der Waals surface area (Å²) < 4.78 is 7.46. The number of fused-ring (bicyclic) bond motifs is 3. The van der Waals surface area contributed by atoms with Crippen LogP contribution in [0.4, 0.5) is 5.95 Å². The lowest BCUT2D eigenvalue weighted by atomic mass is 9.84. The van der Waals surface area contributed by atoms with Crippen molar-refractivity contribution in [1.82, 2.24) is 14.5 Å². The largest absolute Gasteiger partial charge is 0.383 e. The number of nitrogens with one attached hydrogen (secondary N) is 1. The first-order valence-corrected chi connectivity index (χ1v) is 7.28. The van der Waals surface area contributed by atoms with Gasteiger partial charge in [0.2, 0.25) is 5.95 Å². The second-order valence-corrected chi connectivity index (χ2v) is 5.74. The Morgan fingerprint density at radius 3 is 2.84 bits per heavy atom. The van der Waals surface area contributed by atoms with Gasteiger partial charge in [-0.3, -0.25) is 0 Å². The predicted molar refractivity (Wildman–Crippen MR) is 75.5 cm³/mol. The van der Waals surface area contributed by atoms with Crippen LogP contribution in [0.3, 0.4) is 0 Å². The fourth-order valence-electron chi connectivity index (χ4n) is 3.41. The van der Waals surface area contributed by atoms with Gasteiger partial charge in [-0.15, -0.1) is 0 Å². The van der Waals surface area contributed by atoms with E-state index < -0.39 is 0 Å². The molecule has 19 heavy (non-hydrogen) atoms. The number of piperidine rings is 3. The monoisotopic (exact) mass is 264 g/mol. The number of aryl methyl sites for hydroxylation is 1. The first-order valence-electron chi connectivity index (χ1n) is 7.28. The first-order chi connectivity index (χ1) is 9.28. The lowest BCUT2D eigenvalue weighted by molar-refractivity contribution is 0.0578. The third kappa shape index (κ3) is 2.62. The Balaban J connectivity index is 1.76. The van der Waals surface area contributed by atoms with E-state index in [2.05, 4.69) is 32.9 Å². The van der Waals surface area contributed by atoms with E-state index in [1.54, 1.807) is 7.11 Å². The van der Waals surface area contributed by atoms with Gasteiger partial charge in [-0.25, -0.2) is 4.98 Å². The van der Waals surface area contributed by atoms with E-state index in [1.807, 2.05) is 0 Å². The van der Waals surface area contributed by atoms with Gasteiger partial charge in [0.1, 0.15) is 0 Å². The number of aromatic nitrogens is 2. The molecule has 0 aliphatic carbocycles. The second kappa shape index (κ2) is 5.51. The molecule has 1 aromatic rings. The fourth-order valence-corrected chi connectivity index (χ4v) is 3.41. The van der Waals surface area contributed by atoms with Crippen LogP contribution in [0, 0.1) is 12.8 Å². The molecule has 0 amide bonds. The molecule has 5 heteroatoms. The van der Waals surface area contributed by atoms with E-state index in [1.165, 1.54) is 32.5 Å². The van der Waals surface area contributed by atoms with Crippen LogP contribution < -0.4 is 5.32 Å². The lowest BCUT2D eigenvalue weighted by Gasteiger charge is -2.45. The molecule has 4 heterocycles. The Hall–Kier alpha value is -1.07. The highest BCUT2D eigenvalue weighted by atomic mass is 16.5. The van der Waals surface area contributed by atoms with Crippen molar-refractivity contribution in [3.05, 3.63) is 11.9 Å². The summed E-state index contributed by atoms with van der Waals surface area (Å²) >= 11 is 0. The molecule has 106 valence electrons. The number of nitrogens with zero attached hydrogens (tertiary/aromatic N) is 3. The van der Waals surface area contributed by atoms with Crippen molar-refractivity contribution in [3.8, 4) is 0 Å². The minimum absolute atomic E-state index is 0.591. The van der Waals surface area contributed by atoms with Crippen LogP contribution >= 0.6 is 0 Å². The van der Waals surface area contributed by atoms with Crippen LogP contribution in [0.5, 0.6) is 0 Å². The molecule has 0 saturated carbocycles. The summed E-state index contributed by atoms with van der Waals surface area (Å²) in [6, 6.07) is 0.591. The van der Waals surface area contributed by atoms with Crippen molar-refractivity contribution >= 4 is 5.95 Å². The molecule has 3 aliphatic rings. The van der Waals surface area contributed by atoms with Crippen molar-refractivity contribution in [2.24, 2.45) is 5.92 Å². The maximum atomic E-state index is 5.10. The van der Waals surface area contributed by atoms with Crippen LogP contribution in [-0.2, 0) is 4.74 Å². The molecular formula is C14H24N4O. The summed E-state index contributed by atoms with van der Waals surface area (Å²) in [5, 5.41) is 3.40. The van der Waals surface area contributed by atoms with Gasteiger partial charge in [0.05, 0.1) is 18.3 Å². The van der Waals surface area contributed by atoms with E-state index >= 15 is 0 Å². The number of methoxy groups -OCH3 is 1. The zero-order valence-corrected chi connectivity index (χ0v) is 11.9. The van der Waals surface area contributed by atoms with Crippen LogP contribution in [0.2, 0.25) is 0 Å². The number of ether oxygens (including phenoxy) is 1. The van der Waals surface area contributed by atoms with Crippen molar-refractivity contribution < 1.29 is 4.74 Å². The Morgan fingerprint density at radius 1 is 1.42 bits per heavy atom. The molecule has 0 aromatic carbocycles. The van der Waals surface area contributed by atoms with E-state index in [4.69, 9.17) is 4.74 Å². The number of hydrogen-bond donors (Lipinski definition) is 1. The van der Waals surface area contributed by atoms with Crippen LogP contribution in [0.15, 0.2) is 6.20 Å². The Bertz CT molecular complexity index is 423. The third-order valence-corrected chi connectivity index (χ3v) is 4.42. The Kier molecular flexibility index (Phi) is 3.75. The molecule has 3 saturated heterocycles. The van der Waals surface area contributed by atoms with Crippen molar-refractivity contribution in [2.75, 3.05) is 45.2 Å². The van der Waals surface area contributed by atoms with E-state index in [0.29, 0.717) is 12.6 Å². The van der Waals surface area contributed by atoms with Gasteiger partial charge in [0, 0.05) is 26.4 Å². The molecule has 1 N–H and O–H groups in total. The third-order valence-electron chi connectivity index (χ3n) is 4.42. The van der Waals surface area contributed by atoms with Crippen LogP contribution in [0.1, 0.15) is 24.6 Å². The zero-order chi connectivity index (χ0) is 13.2. The number of hydrogen-bond acceptors (Lipinski definition) is 4. The summed E-state index contributed by atoms with van der Waals surface area (Å²) in [7, 11) is 1.73. The molecule has 0 spiro atoms. The highest BCUT2D eigenvalue weighted by Crippen LogP contribution is 2.37. The molecule has 0 radical (unpaired) electrons. The maximum absolute atomic E-state index is 5.10. The molecule has 1 unspecified atom stereocenters. The van der Waals surface area contributed by atoms with Gasteiger partial charge in [-0.1, -0.05) is 0 Å². The van der Waals surface area contributed by atoms with Crippen molar-refractivity contribution in [1.29, 1.82) is 0 Å². The normalized spacial score (nSPS) is 29.7. The summed E-state index contributed by atoms with van der Waals surface area (Å²) in [6.07, 6.45) is 4.86. The minimum atomic E-state index is 0.591. The van der Waals surface area contributed by atoms with Crippen LogP contribution in [-0.4, -0.2) is 54.3 Å². The Labute approximate surface area is 114 Å². The van der Waals surface area contributed by atoms with Gasteiger partial charge in [-0.05, 0) is 38.8 Å². The Morgan fingerprint density at radius 2 is 2.21 bits per heavy atom. The molecule has 4 rings (SSSR count). The standard InChI is InChI=1S/C14H24N4O/c1-11-9-18(14(16-11)15-5-8-19-2)13-10-17-6-3-12(13)4-7-17/h9,12-13H,3-8,10H2,1-2H3,(H,15,16). The number of anilines is 1. The van der Waals surface area contributed by atoms with Crippen molar-refractivity contribution in [3.63, 3.8) is 0 Å². The molecule has 1 atom stereocenters. The second-order valence-electron chi connectivity index (χ2n) is 5.74. The first kappa shape index (κ1) is 12.9. The minimum Gasteiger partial charge on any atom is -0.383 e. The average Bonchev–Trinajstić information content (AvgIpc) is 2.81. The van der Waals surface area contributed by atoms with E-state index in [9.17, 15) is 0 Å².